The van der Waals surface area contributed by atoms with Crippen LogP contribution in [0.1, 0.15) is 10.4 Å². The van der Waals surface area contributed by atoms with Gasteiger partial charge in [-0.3, -0.25) is 9.59 Å². The first-order valence-electron chi connectivity index (χ1n) is 9.26. The Hall–Kier alpha value is -4.06. The van der Waals surface area contributed by atoms with Crippen molar-refractivity contribution in [3.8, 4) is 22.8 Å². The van der Waals surface area contributed by atoms with Gasteiger partial charge in [0, 0.05) is 22.9 Å². The molecule has 0 radical (unpaired) electrons. The summed E-state index contributed by atoms with van der Waals surface area (Å²) in [7, 11) is 3.10. The number of hydrogen-bond donors (Lipinski definition) is 1. The molecule has 0 atom stereocenters. The van der Waals surface area contributed by atoms with Crippen molar-refractivity contribution >= 4 is 22.6 Å². The Morgan fingerprint density at radius 1 is 0.867 bits per heavy atom. The Morgan fingerprint density at radius 3 is 2.37 bits per heavy atom. The van der Waals surface area contributed by atoms with Crippen LogP contribution in [-0.4, -0.2) is 20.1 Å². The first kappa shape index (κ1) is 19.3. The van der Waals surface area contributed by atoms with Gasteiger partial charge in [-0.05, 0) is 48.5 Å². The second-order valence-electron chi connectivity index (χ2n) is 6.58. The molecule has 6 nitrogen and oxygen atoms in total. The van der Waals surface area contributed by atoms with Gasteiger partial charge in [-0.2, -0.15) is 0 Å². The molecule has 0 saturated heterocycles. The number of rotatable bonds is 5. The van der Waals surface area contributed by atoms with E-state index >= 15 is 0 Å². The molecule has 1 heterocycles. The zero-order valence-electron chi connectivity index (χ0n) is 16.5. The van der Waals surface area contributed by atoms with Crippen LogP contribution in [0.15, 0.2) is 82.0 Å². The van der Waals surface area contributed by atoms with Crippen molar-refractivity contribution < 1.29 is 18.7 Å². The predicted molar refractivity (Wildman–Crippen MR) is 115 cm³/mol. The number of carbonyl (C=O) groups is 1. The van der Waals surface area contributed by atoms with E-state index in [0.717, 1.165) is 0 Å². The van der Waals surface area contributed by atoms with Crippen molar-refractivity contribution in [1.82, 2.24) is 0 Å². The number of ether oxygens (including phenoxy) is 2. The lowest BCUT2D eigenvalue weighted by atomic mass is 10.1. The third-order valence-electron chi connectivity index (χ3n) is 4.69. The van der Waals surface area contributed by atoms with E-state index in [4.69, 9.17) is 13.9 Å². The third-order valence-corrected chi connectivity index (χ3v) is 4.69. The van der Waals surface area contributed by atoms with Gasteiger partial charge in [0.05, 0.1) is 19.6 Å². The average molecular weight is 401 g/mol. The van der Waals surface area contributed by atoms with Gasteiger partial charge in [0.1, 0.15) is 11.3 Å². The van der Waals surface area contributed by atoms with E-state index in [9.17, 15) is 9.59 Å². The molecule has 1 N–H and O–H groups in total. The molecule has 4 rings (SSSR count). The zero-order chi connectivity index (χ0) is 21.1. The molecular weight excluding hydrogens is 382 g/mol. The van der Waals surface area contributed by atoms with Gasteiger partial charge >= 0.3 is 0 Å². The molecule has 1 aromatic heterocycles. The van der Waals surface area contributed by atoms with Crippen LogP contribution < -0.4 is 20.2 Å². The summed E-state index contributed by atoms with van der Waals surface area (Å²) in [6.45, 7) is 0. The fourth-order valence-corrected chi connectivity index (χ4v) is 3.16. The van der Waals surface area contributed by atoms with Crippen molar-refractivity contribution in [2.45, 2.75) is 0 Å². The summed E-state index contributed by atoms with van der Waals surface area (Å²) < 4.78 is 16.5. The smallest absolute Gasteiger partial charge is 0.255 e. The van der Waals surface area contributed by atoms with Crippen LogP contribution in [0.3, 0.4) is 0 Å². The van der Waals surface area contributed by atoms with E-state index in [2.05, 4.69) is 5.32 Å². The molecule has 0 aliphatic carbocycles. The second kappa shape index (κ2) is 8.13. The molecule has 6 heteroatoms. The van der Waals surface area contributed by atoms with Crippen LogP contribution in [0.5, 0.6) is 11.5 Å². The number of fused-ring (bicyclic) bond motifs is 1. The normalized spacial score (nSPS) is 10.6. The Kier molecular flexibility index (Phi) is 5.22. The molecule has 3 aromatic carbocycles. The van der Waals surface area contributed by atoms with Gasteiger partial charge in [-0.25, -0.2) is 0 Å². The second-order valence-corrected chi connectivity index (χ2v) is 6.58. The quantitative estimate of drug-likeness (QED) is 0.523. The Balaban J connectivity index is 1.68. The molecule has 0 spiro atoms. The maximum absolute atomic E-state index is 12.7. The fourth-order valence-electron chi connectivity index (χ4n) is 3.16. The van der Waals surface area contributed by atoms with E-state index in [0.29, 0.717) is 45.0 Å². The summed E-state index contributed by atoms with van der Waals surface area (Å²) in [5, 5.41) is 3.18. The molecule has 0 saturated carbocycles. The Bertz CT molecular complexity index is 1280. The lowest BCUT2D eigenvalue weighted by Crippen LogP contribution is -2.12. The van der Waals surface area contributed by atoms with E-state index in [1.807, 2.05) is 6.07 Å². The van der Waals surface area contributed by atoms with Gasteiger partial charge in [0.25, 0.3) is 5.91 Å². The molecule has 0 fully saturated rings. The fraction of sp³-hybridized carbons (Fsp3) is 0.0833. The van der Waals surface area contributed by atoms with Gasteiger partial charge in [0.2, 0.25) is 0 Å². The lowest BCUT2D eigenvalue weighted by molar-refractivity contribution is 0.102. The van der Waals surface area contributed by atoms with Gasteiger partial charge in [-0.15, -0.1) is 0 Å². The molecule has 0 unspecified atom stereocenters. The van der Waals surface area contributed by atoms with Crippen molar-refractivity contribution in [3.63, 3.8) is 0 Å². The third kappa shape index (κ3) is 3.75. The van der Waals surface area contributed by atoms with Gasteiger partial charge < -0.3 is 19.2 Å². The van der Waals surface area contributed by atoms with Crippen molar-refractivity contribution in [2.75, 3.05) is 19.5 Å². The molecule has 0 aliphatic rings. The molecular formula is C24H19NO5. The van der Waals surface area contributed by atoms with Gasteiger partial charge in [0.15, 0.2) is 16.9 Å². The summed E-state index contributed by atoms with van der Waals surface area (Å²) in [4.78, 5) is 25.1. The molecule has 4 aromatic rings. The monoisotopic (exact) mass is 401 g/mol. The molecule has 1 amide bonds. The first-order valence-corrected chi connectivity index (χ1v) is 9.26. The number of carbonyl (C=O) groups excluding carboxylic acids is 1. The minimum absolute atomic E-state index is 0.211. The van der Waals surface area contributed by atoms with Crippen LogP contribution in [0, 0.1) is 0 Å². The summed E-state index contributed by atoms with van der Waals surface area (Å²) in [5.41, 5.74) is 1.95. The highest BCUT2D eigenvalue weighted by Gasteiger charge is 2.12. The van der Waals surface area contributed by atoms with E-state index in [1.165, 1.54) is 6.07 Å². The number of nitrogens with one attached hydrogen (secondary N) is 1. The highest BCUT2D eigenvalue weighted by Crippen LogP contribution is 2.33. The van der Waals surface area contributed by atoms with Crippen LogP contribution in [0.4, 0.5) is 5.69 Å². The van der Waals surface area contributed by atoms with Crippen molar-refractivity contribution in [2.24, 2.45) is 0 Å². The van der Waals surface area contributed by atoms with Crippen LogP contribution >= 0.6 is 0 Å². The topological polar surface area (TPSA) is 77.8 Å². The molecule has 150 valence electrons. The Labute approximate surface area is 172 Å². The largest absolute Gasteiger partial charge is 0.493 e. The maximum Gasteiger partial charge on any atom is 0.255 e. The van der Waals surface area contributed by atoms with Crippen molar-refractivity contribution in [1.29, 1.82) is 0 Å². The predicted octanol–water partition coefficient (Wildman–Crippen LogP) is 4.73. The van der Waals surface area contributed by atoms with Crippen molar-refractivity contribution in [3.05, 3.63) is 88.6 Å². The number of amides is 1. The molecule has 30 heavy (non-hydrogen) atoms. The van der Waals surface area contributed by atoms with Crippen LogP contribution in [-0.2, 0) is 0 Å². The SMILES string of the molecule is COc1ccc(-c2cc(=O)c3cc(NC(=O)c4ccccc4)ccc3o2)cc1OC. The molecule has 0 bridgehead atoms. The summed E-state index contributed by atoms with van der Waals surface area (Å²) in [6, 6.07) is 20.6. The van der Waals surface area contributed by atoms with Gasteiger partial charge in [-0.1, -0.05) is 18.2 Å². The van der Waals surface area contributed by atoms with E-state index in [1.54, 1.807) is 74.9 Å². The number of benzene rings is 3. The minimum atomic E-state index is -0.249. The highest BCUT2D eigenvalue weighted by atomic mass is 16.5. The average Bonchev–Trinajstić information content (AvgIpc) is 2.79. The number of hydrogen-bond acceptors (Lipinski definition) is 5. The first-order chi connectivity index (χ1) is 14.6. The van der Waals surface area contributed by atoms with E-state index in [-0.39, 0.29) is 11.3 Å². The summed E-state index contributed by atoms with van der Waals surface area (Å²) in [5.74, 6) is 1.29. The van der Waals surface area contributed by atoms with Crippen LogP contribution in [0.25, 0.3) is 22.3 Å². The highest BCUT2D eigenvalue weighted by molar-refractivity contribution is 6.05. The van der Waals surface area contributed by atoms with Crippen LogP contribution in [0.2, 0.25) is 0 Å². The Morgan fingerprint density at radius 2 is 1.63 bits per heavy atom. The minimum Gasteiger partial charge on any atom is -0.493 e. The zero-order valence-corrected chi connectivity index (χ0v) is 16.5. The van der Waals surface area contributed by atoms with E-state index < -0.39 is 0 Å². The standard InChI is InChI=1S/C24H19NO5/c1-28-21-10-8-16(12-23(21)29-2)22-14-19(26)18-13-17(9-11-20(18)30-22)25-24(27)15-6-4-3-5-7-15/h3-14H,1-2H3,(H,25,27). The number of anilines is 1. The summed E-state index contributed by atoms with van der Waals surface area (Å²) in [6.07, 6.45) is 0. The molecule has 0 aliphatic heterocycles. The lowest BCUT2D eigenvalue weighted by Gasteiger charge is -2.10. The number of methoxy groups -OCH3 is 2. The maximum atomic E-state index is 12.7. The summed E-state index contributed by atoms with van der Waals surface area (Å²) >= 11 is 0.